The molecule has 1 aliphatic heterocycles. The molecule has 2 aliphatic carbocycles. The Hall–Kier alpha value is -5.23. The number of carbonyl (C=O) groups is 1. The third-order valence-electron chi connectivity index (χ3n) is 10.3. The van der Waals surface area contributed by atoms with E-state index in [9.17, 15) is 35.2 Å². The first kappa shape index (κ1) is 40.5. The van der Waals surface area contributed by atoms with Gasteiger partial charge >= 0.3 is 6.18 Å². The van der Waals surface area contributed by atoms with Crippen LogP contribution < -0.4 is 15.4 Å². The highest BCUT2D eigenvalue weighted by Crippen LogP contribution is 2.68. The summed E-state index contributed by atoms with van der Waals surface area (Å²) < 4.78 is 136. The van der Waals surface area contributed by atoms with Crippen molar-refractivity contribution in [2.75, 3.05) is 30.7 Å². The molecule has 1 unspecified atom stereocenters. The molecule has 0 spiro atoms. The van der Waals surface area contributed by atoms with E-state index in [0.29, 0.717) is 35.0 Å². The average molecular weight is 865 g/mol. The number of sulfonamides is 1. The molecule has 1 saturated carbocycles. The number of aromatic nitrogens is 5. The maximum atomic E-state index is 15.4. The van der Waals surface area contributed by atoms with E-state index in [1.165, 1.54) is 17.8 Å². The van der Waals surface area contributed by atoms with Gasteiger partial charge in [-0.15, -0.1) is 0 Å². The van der Waals surface area contributed by atoms with Crippen LogP contribution >= 0.6 is 11.6 Å². The Labute approximate surface area is 336 Å². The molecule has 1 amide bonds. The van der Waals surface area contributed by atoms with E-state index in [-0.39, 0.29) is 64.2 Å². The second kappa shape index (κ2) is 14.8. The van der Waals surface area contributed by atoms with Gasteiger partial charge in [0.15, 0.2) is 11.5 Å². The Morgan fingerprint density at radius 1 is 1.12 bits per heavy atom. The van der Waals surface area contributed by atoms with Gasteiger partial charge in [0.05, 0.1) is 53.2 Å². The van der Waals surface area contributed by atoms with E-state index in [4.69, 9.17) is 21.3 Å². The minimum absolute atomic E-state index is 0.0213. The van der Waals surface area contributed by atoms with Gasteiger partial charge in [0.25, 0.3) is 5.92 Å². The lowest BCUT2D eigenvalue weighted by Crippen LogP contribution is -2.40. The van der Waals surface area contributed by atoms with Crippen LogP contribution in [0.2, 0.25) is 5.02 Å². The summed E-state index contributed by atoms with van der Waals surface area (Å²) in [7, 11) is -2.32. The van der Waals surface area contributed by atoms with Crippen molar-refractivity contribution in [3.63, 3.8) is 0 Å². The Bertz CT molecular complexity index is 2680. The van der Waals surface area contributed by atoms with Crippen molar-refractivity contribution in [1.82, 2.24) is 35.2 Å². The Balaban J connectivity index is 1.27. The van der Waals surface area contributed by atoms with Gasteiger partial charge in [0.2, 0.25) is 15.9 Å². The summed E-state index contributed by atoms with van der Waals surface area (Å²) in [6.45, 7) is 0.236. The van der Waals surface area contributed by atoms with Crippen molar-refractivity contribution in [3.8, 4) is 23.0 Å². The number of ether oxygens (including phenoxy) is 1. The monoisotopic (exact) mass is 864 g/mol. The van der Waals surface area contributed by atoms with Crippen molar-refractivity contribution in [3.05, 3.63) is 93.0 Å². The average Bonchev–Trinajstić information content (AvgIpc) is 3.68. The Kier molecular flexibility index (Phi) is 10.2. The van der Waals surface area contributed by atoms with Crippen molar-refractivity contribution < 1.29 is 48.7 Å². The summed E-state index contributed by atoms with van der Waals surface area (Å²) in [5.41, 5.74) is -2.00. The molecular weight excluding hydrogens is 833 g/mol. The highest BCUT2D eigenvalue weighted by Gasteiger charge is 2.68. The van der Waals surface area contributed by atoms with Gasteiger partial charge in [-0.2, -0.15) is 32.1 Å². The van der Waals surface area contributed by atoms with Gasteiger partial charge in [-0.1, -0.05) is 23.6 Å². The van der Waals surface area contributed by atoms with Crippen LogP contribution in [0.25, 0.3) is 22.0 Å². The maximum absolute atomic E-state index is 15.4. The molecular formula is C38H32ClF7N8O4S. The highest BCUT2D eigenvalue weighted by molar-refractivity contribution is 7.92. The SMILES string of the molecule is Cn1nc(NS(C)(=O)=O)c2c(Cl)ccc(-c3ccc(C#CC4COCCN4)nc3[C@H](Cc3cc(F)cc(F)c3)NC(=O)Cn3nc(C(F)(F)F)c4c3C(F)(F)[C@@H]3C[C@H]43)c21. The lowest BCUT2D eigenvalue weighted by atomic mass is 9.93. The normalized spacial score (nSPS) is 20.1. The third-order valence-corrected chi connectivity index (χ3v) is 11.1. The molecule has 3 N–H and O–H groups in total. The minimum Gasteiger partial charge on any atom is -0.377 e. The molecule has 3 aliphatic rings. The fraction of sp³-hybridized carbons (Fsp3) is 0.368. The molecule has 310 valence electrons. The molecule has 8 rings (SSSR count). The molecule has 2 fully saturated rings. The van der Waals surface area contributed by atoms with Gasteiger partial charge in [0, 0.05) is 42.3 Å². The summed E-state index contributed by atoms with van der Waals surface area (Å²) in [4.78, 5) is 18.8. The Morgan fingerprint density at radius 3 is 2.53 bits per heavy atom. The number of benzene rings is 2. The number of rotatable bonds is 9. The molecule has 21 heteroatoms. The maximum Gasteiger partial charge on any atom is 0.435 e. The summed E-state index contributed by atoms with van der Waals surface area (Å²) >= 11 is 6.59. The number of fused-ring (bicyclic) bond motifs is 4. The van der Waals surface area contributed by atoms with E-state index in [0.717, 1.165) is 18.4 Å². The predicted octanol–water partition coefficient (Wildman–Crippen LogP) is 5.80. The molecule has 4 atom stereocenters. The van der Waals surface area contributed by atoms with E-state index < -0.39 is 81.0 Å². The summed E-state index contributed by atoms with van der Waals surface area (Å²) in [5, 5.41) is 13.9. The number of nitrogens with one attached hydrogen (secondary N) is 3. The molecule has 4 heterocycles. The molecule has 3 aromatic heterocycles. The van der Waals surface area contributed by atoms with Gasteiger partial charge in [-0.05, 0) is 60.6 Å². The Morgan fingerprint density at radius 2 is 1.85 bits per heavy atom. The number of halogens is 8. The number of aryl methyl sites for hydroxylation is 1. The summed E-state index contributed by atoms with van der Waals surface area (Å²) in [5.74, 6) is -3.17. The largest absolute Gasteiger partial charge is 0.435 e. The highest BCUT2D eigenvalue weighted by atomic mass is 35.5. The lowest BCUT2D eigenvalue weighted by molar-refractivity contribution is -0.142. The number of amides is 1. The van der Waals surface area contributed by atoms with E-state index in [1.54, 1.807) is 18.2 Å². The van der Waals surface area contributed by atoms with Gasteiger partial charge < -0.3 is 10.1 Å². The quantitative estimate of drug-likeness (QED) is 0.125. The van der Waals surface area contributed by atoms with Crippen molar-refractivity contribution in [1.29, 1.82) is 0 Å². The van der Waals surface area contributed by atoms with Crippen LogP contribution in [-0.4, -0.2) is 70.9 Å². The molecule has 0 radical (unpaired) electrons. The molecule has 0 bridgehead atoms. The van der Waals surface area contributed by atoms with Crippen molar-refractivity contribution >= 4 is 44.3 Å². The molecule has 5 aromatic rings. The molecule has 1 saturated heterocycles. The number of alkyl halides is 5. The summed E-state index contributed by atoms with van der Waals surface area (Å²) in [6, 6.07) is 7.11. The standard InChI is InChI=1S/C38H32ClF7N8O4S/c1-53-33-24(7-8-27(39)31(33)36(51-53)52-59(2,56)57)23-6-5-21(3-4-22-17-58-10-9-47-22)48-32(23)28(13-18-11-19(40)14-20(41)12-18)49-29(55)16-54-35-30(34(50-54)38(44,45)46)25-15-26(25)37(35,42)43/h5-8,11-12,14,22,25-26,28,47H,9-10,13,15-17H2,1-2H3,(H,49,55)(H,51,52)/t22?,25-,26+,28-/m0/s1. The predicted molar refractivity (Wildman–Crippen MR) is 200 cm³/mol. The first-order chi connectivity index (χ1) is 27.8. The number of morpholine rings is 1. The van der Waals surface area contributed by atoms with Gasteiger partial charge in [0.1, 0.15) is 29.6 Å². The van der Waals surface area contributed by atoms with Crippen molar-refractivity contribution in [2.24, 2.45) is 13.0 Å². The van der Waals surface area contributed by atoms with Gasteiger partial charge in [-0.25, -0.2) is 22.2 Å². The van der Waals surface area contributed by atoms with E-state index >= 15 is 8.78 Å². The van der Waals surface area contributed by atoms with Crippen LogP contribution in [0.15, 0.2) is 42.5 Å². The zero-order valence-corrected chi connectivity index (χ0v) is 32.5. The molecule has 12 nitrogen and oxygen atoms in total. The molecule has 2 aromatic carbocycles. The van der Waals surface area contributed by atoms with E-state index in [1.807, 2.05) is 0 Å². The van der Waals surface area contributed by atoms with Crippen LogP contribution in [0.5, 0.6) is 0 Å². The van der Waals surface area contributed by atoms with Crippen LogP contribution in [0.4, 0.5) is 36.6 Å². The van der Waals surface area contributed by atoms with Crippen LogP contribution in [-0.2, 0) is 51.7 Å². The number of hydrogen-bond acceptors (Lipinski definition) is 8. The lowest BCUT2D eigenvalue weighted by Gasteiger charge is -2.23. The first-order valence-electron chi connectivity index (χ1n) is 18.1. The molecule has 59 heavy (non-hydrogen) atoms. The minimum atomic E-state index is -5.07. The number of carbonyl (C=O) groups excluding carboxylic acids is 1. The van der Waals surface area contributed by atoms with Crippen molar-refractivity contribution in [2.45, 2.75) is 49.5 Å². The number of pyridine rings is 1. The number of anilines is 1. The second-order valence-corrected chi connectivity index (χ2v) is 16.7. The number of nitrogens with zero attached hydrogens (tertiary/aromatic N) is 5. The van der Waals surface area contributed by atoms with Crippen LogP contribution in [0, 0.1) is 29.4 Å². The topological polar surface area (TPSA) is 145 Å². The second-order valence-electron chi connectivity index (χ2n) is 14.6. The fourth-order valence-corrected chi connectivity index (χ4v) is 8.58. The third kappa shape index (κ3) is 7.95. The van der Waals surface area contributed by atoms with Crippen LogP contribution in [0.3, 0.4) is 0 Å². The summed E-state index contributed by atoms with van der Waals surface area (Å²) in [6.07, 6.45) is -4.67. The first-order valence-corrected chi connectivity index (χ1v) is 20.3. The van der Waals surface area contributed by atoms with E-state index in [2.05, 4.69) is 37.4 Å². The van der Waals surface area contributed by atoms with Gasteiger partial charge in [-0.3, -0.25) is 24.2 Å². The fourth-order valence-electron chi connectivity index (χ4n) is 7.85. The zero-order valence-electron chi connectivity index (χ0n) is 30.9. The smallest absolute Gasteiger partial charge is 0.377 e. The zero-order chi connectivity index (χ0) is 42.2. The van der Waals surface area contributed by atoms with Crippen LogP contribution in [0.1, 0.15) is 52.3 Å². The number of hydrogen-bond donors (Lipinski definition) is 3.